The Morgan fingerprint density at radius 1 is 1.64 bits per heavy atom. The minimum absolute atomic E-state index is 0.643. The zero-order valence-corrected chi connectivity index (χ0v) is 9.73. The highest BCUT2D eigenvalue weighted by atomic mass is 32.1. The third-order valence-electron chi connectivity index (χ3n) is 2.68. The lowest BCUT2D eigenvalue weighted by atomic mass is 10.1. The molecule has 0 radical (unpaired) electrons. The number of aromatic nitrogens is 1. The van der Waals surface area contributed by atoms with Crippen LogP contribution in [0.3, 0.4) is 0 Å². The minimum Gasteiger partial charge on any atom is -0.309 e. The molecule has 1 fully saturated rings. The fourth-order valence-electron chi connectivity index (χ4n) is 1.71. The Labute approximate surface area is 89.8 Å². The normalized spacial score (nSPS) is 18.4. The van der Waals surface area contributed by atoms with Crippen molar-refractivity contribution in [1.82, 2.24) is 10.3 Å². The van der Waals surface area contributed by atoms with E-state index in [1.807, 2.05) is 0 Å². The molecular weight excluding hydrogens is 192 g/mol. The topological polar surface area (TPSA) is 24.9 Å². The smallest absolute Gasteiger partial charge is 0.0897 e. The van der Waals surface area contributed by atoms with Gasteiger partial charge >= 0.3 is 0 Å². The Hall–Kier alpha value is -0.410. The van der Waals surface area contributed by atoms with Crippen molar-refractivity contribution in [2.24, 2.45) is 5.92 Å². The van der Waals surface area contributed by atoms with Crippen LogP contribution in [0.1, 0.15) is 36.9 Å². The monoisotopic (exact) mass is 210 g/mol. The fraction of sp³-hybridized carbons (Fsp3) is 0.727. The van der Waals surface area contributed by atoms with Gasteiger partial charge in [-0.3, -0.25) is 0 Å². The maximum absolute atomic E-state index is 4.43. The summed E-state index contributed by atoms with van der Waals surface area (Å²) >= 11 is 1.73. The van der Waals surface area contributed by atoms with Gasteiger partial charge in [0.05, 0.1) is 10.7 Å². The van der Waals surface area contributed by atoms with Crippen LogP contribution in [0, 0.1) is 12.8 Å². The van der Waals surface area contributed by atoms with E-state index in [0.29, 0.717) is 6.04 Å². The van der Waals surface area contributed by atoms with Crippen LogP contribution in [0.4, 0.5) is 0 Å². The average molecular weight is 210 g/mol. The molecule has 1 aliphatic carbocycles. The number of nitrogens with zero attached hydrogens (tertiary/aromatic N) is 1. The first-order chi connectivity index (χ1) is 6.74. The predicted molar refractivity (Wildman–Crippen MR) is 60.5 cm³/mol. The summed E-state index contributed by atoms with van der Waals surface area (Å²) in [5, 5.41) is 6.84. The van der Waals surface area contributed by atoms with Gasteiger partial charge in [-0.05, 0) is 26.2 Å². The van der Waals surface area contributed by atoms with Crippen molar-refractivity contribution in [2.75, 3.05) is 0 Å². The van der Waals surface area contributed by atoms with Gasteiger partial charge in [0.15, 0.2) is 0 Å². The first kappa shape index (κ1) is 10.1. The van der Waals surface area contributed by atoms with E-state index >= 15 is 0 Å². The number of nitrogens with one attached hydrogen (secondary N) is 1. The number of aryl methyl sites for hydroxylation is 1. The van der Waals surface area contributed by atoms with Crippen LogP contribution < -0.4 is 5.32 Å². The van der Waals surface area contributed by atoms with E-state index in [0.717, 1.165) is 17.5 Å². The van der Waals surface area contributed by atoms with Crippen molar-refractivity contribution >= 4 is 11.3 Å². The summed E-state index contributed by atoms with van der Waals surface area (Å²) in [6.45, 7) is 5.26. The molecule has 1 atom stereocenters. The molecule has 2 nitrogen and oxygen atoms in total. The van der Waals surface area contributed by atoms with Gasteiger partial charge in [-0.2, -0.15) is 0 Å². The predicted octanol–water partition coefficient (Wildman–Crippen LogP) is 2.73. The molecule has 78 valence electrons. The summed E-state index contributed by atoms with van der Waals surface area (Å²) in [6, 6.07) is 0.643. The lowest BCUT2D eigenvalue weighted by Gasteiger charge is -2.11. The molecule has 1 heterocycles. The van der Waals surface area contributed by atoms with Gasteiger partial charge in [-0.25, -0.2) is 4.98 Å². The highest BCUT2D eigenvalue weighted by molar-refractivity contribution is 7.09. The molecule has 1 aromatic rings. The molecule has 3 heteroatoms. The molecule has 14 heavy (non-hydrogen) atoms. The van der Waals surface area contributed by atoms with Crippen LogP contribution >= 0.6 is 11.3 Å². The molecule has 1 saturated carbocycles. The van der Waals surface area contributed by atoms with Crippen molar-refractivity contribution in [3.63, 3.8) is 0 Å². The molecule has 1 unspecified atom stereocenters. The molecule has 0 amide bonds. The van der Waals surface area contributed by atoms with E-state index < -0.39 is 0 Å². The summed E-state index contributed by atoms with van der Waals surface area (Å²) in [6.07, 6.45) is 4.23. The molecule has 0 bridgehead atoms. The highest BCUT2D eigenvalue weighted by Gasteiger charge is 2.23. The third-order valence-corrected chi connectivity index (χ3v) is 3.50. The van der Waals surface area contributed by atoms with Gasteiger partial charge in [-0.1, -0.05) is 12.8 Å². The molecule has 2 rings (SSSR count). The number of hydrogen-bond donors (Lipinski definition) is 1. The fourth-order valence-corrected chi connectivity index (χ4v) is 2.32. The first-order valence-corrected chi connectivity index (χ1v) is 6.26. The van der Waals surface area contributed by atoms with E-state index in [4.69, 9.17) is 0 Å². The Kier molecular flexibility index (Phi) is 3.19. The van der Waals surface area contributed by atoms with E-state index in [-0.39, 0.29) is 0 Å². The molecule has 1 N–H and O–H groups in total. The van der Waals surface area contributed by atoms with Crippen molar-refractivity contribution in [3.05, 3.63) is 16.1 Å². The largest absolute Gasteiger partial charge is 0.309 e. The Morgan fingerprint density at radius 3 is 3.00 bits per heavy atom. The Morgan fingerprint density at radius 2 is 2.43 bits per heavy atom. The van der Waals surface area contributed by atoms with Gasteiger partial charge in [-0.15, -0.1) is 11.3 Å². The second kappa shape index (κ2) is 4.41. The molecule has 0 aliphatic heterocycles. The summed E-state index contributed by atoms with van der Waals surface area (Å²) < 4.78 is 0. The highest BCUT2D eigenvalue weighted by Crippen LogP contribution is 2.33. The average Bonchev–Trinajstić information content (AvgIpc) is 2.85. The van der Waals surface area contributed by atoms with Crippen LogP contribution in [0.15, 0.2) is 5.38 Å². The van der Waals surface area contributed by atoms with Crippen LogP contribution in [0.5, 0.6) is 0 Å². The van der Waals surface area contributed by atoms with Gasteiger partial charge in [0.2, 0.25) is 0 Å². The van der Waals surface area contributed by atoms with Gasteiger partial charge in [0, 0.05) is 18.0 Å². The van der Waals surface area contributed by atoms with E-state index in [9.17, 15) is 0 Å². The molecular formula is C11H18N2S. The maximum Gasteiger partial charge on any atom is 0.0897 e. The van der Waals surface area contributed by atoms with Crippen LogP contribution in [0.2, 0.25) is 0 Å². The zero-order valence-electron chi connectivity index (χ0n) is 8.92. The zero-order chi connectivity index (χ0) is 9.97. The molecule has 0 spiro atoms. The molecule has 1 aromatic heterocycles. The molecule has 0 saturated heterocycles. The van der Waals surface area contributed by atoms with Crippen LogP contribution in [-0.4, -0.2) is 11.0 Å². The lowest BCUT2D eigenvalue weighted by molar-refractivity contribution is 0.484. The number of thiazole rings is 1. The number of rotatable bonds is 5. The van der Waals surface area contributed by atoms with Crippen molar-refractivity contribution < 1.29 is 0 Å². The summed E-state index contributed by atoms with van der Waals surface area (Å²) in [5.41, 5.74) is 1.19. The molecule has 1 aliphatic rings. The van der Waals surface area contributed by atoms with Crippen molar-refractivity contribution in [2.45, 2.75) is 45.7 Å². The van der Waals surface area contributed by atoms with Crippen molar-refractivity contribution in [1.29, 1.82) is 0 Å². The quantitative estimate of drug-likeness (QED) is 0.808. The third kappa shape index (κ3) is 3.07. The second-order valence-electron chi connectivity index (χ2n) is 4.32. The second-order valence-corrected chi connectivity index (χ2v) is 5.38. The Balaban J connectivity index is 1.70. The van der Waals surface area contributed by atoms with Gasteiger partial charge in [0.25, 0.3) is 0 Å². The van der Waals surface area contributed by atoms with E-state index in [1.165, 1.54) is 25.0 Å². The summed E-state index contributed by atoms with van der Waals surface area (Å²) in [5.74, 6) is 1.01. The first-order valence-electron chi connectivity index (χ1n) is 5.38. The van der Waals surface area contributed by atoms with Crippen LogP contribution in [-0.2, 0) is 6.54 Å². The van der Waals surface area contributed by atoms with Gasteiger partial charge < -0.3 is 5.32 Å². The van der Waals surface area contributed by atoms with E-state index in [2.05, 4.69) is 29.5 Å². The maximum atomic E-state index is 4.43. The number of hydrogen-bond acceptors (Lipinski definition) is 3. The SMILES string of the molecule is Cc1nc(CNC(C)CC2CC2)cs1. The lowest BCUT2D eigenvalue weighted by Crippen LogP contribution is -2.26. The van der Waals surface area contributed by atoms with Crippen molar-refractivity contribution in [3.8, 4) is 0 Å². The minimum atomic E-state index is 0.643. The standard InChI is InChI=1S/C11H18N2S/c1-8(5-10-3-4-10)12-6-11-7-14-9(2)13-11/h7-8,10,12H,3-6H2,1-2H3. The van der Waals surface area contributed by atoms with Crippen LogP contribution in [0.25, 0.3) is 0 Å². The van der Waals surface area contributed by atoms with Gasteiger partial charge in [0.1, 0.15) is 0 Å². The molecule has 0 aromatic carbocycles. The summed E-state index contributed by atoms with van der Waals surface area (Å²) in [7, 11) is 0. The van der Waals surface area contributed by atoms with E-state index in [1.54, 1.807) is 11.3 Å². The summed E-state index contributed by atoms with van der Waals surface area (Å²) in [4.78, 5) is 4.43. The Bertz CT molecular complexity index is 291.